The monoisotopic (exact) mass is 537 g/mol. The van der Waals surface area contributed by atoms with Crippen LogP contribution in [0.25, 0.3) is 10.8 Å². The minimum absolute atomic E-state index is 0.0534. The van der Waals surface area contributed by atoms with Gasteiger partial charge in [-0.2, -0.15) is 10.2 Å². The summed E-state index contributed by atoms with van der Waals surface area (Å²) in [5, 5.41) is 19.8. The number of non-ortho nitro benzene ring substituents is 1. The number of hydrazone groups is 1. The first-order valence-corrected chi connectivity index (χ1v) is 11.1. The SMILES string of the molecule is O=C(Cc1nn(Cc2ccc(Br)cc2F)c(=O)c2ccccc12)N/N=C/c1ccc([N+](=O)[O-])cc1. The van der Waals surface area contributed by atoms with Crippen molar-refractivity contribution in [2.24, 2.45) is 5.10 Å². The van der Waals surface area contributed by atoms with Crippen LogP contribution in [0.2, 0.25) is 0 Å². The minimum atomic E-state index is -0.509. The van der Waals surface area contributed by atoms with E-state index >= 15 is 0 Å². The van der Waals surface area contributed by atoms with Crippen molar-refractivity contribution in [2.75, 3.05) is 0 Å². The molecule has 0 aliphatic heterocycles. The van der Waals surface area contributed by atoms with Crippen LogP contribution in [0.15, 0.2) is 81.1 Å². The lowest BCUT2D eigenvalue weighted by atomic mass is 10.1. The highest BCUT2D eigenvalue weighted by atomic mass is 79.9. The highest BCUT2D eigenvalue weighted by Crippen LogP contribution is 2.18. The van der Waals surface area contributed by atoms with E-state index in [9.17, 15) is 24.1 Å². The van der Waals surface area contributed by atoms with Gasteiger partial charge in [0.2, 0.25) is 5.91 Å². The molecule has 35 heavy (non-hydrogen) atoms. The second kappa shape index (κ2) is 10.3. The van der Waals surface area contributed by atoms with Crippen LogP contribution in [0.3, 0.4) is 0 Å². The van der Waals surface area contributed by atoms with Gasteiger partial charge in [-0.1, -0.05) is 40.2 Å². The Morgan fingerprint density at radius 2 is 1.86 bits per heavy atom. The molecule has 0 radical (unpaired) electrons. The Hall–Kier alpha value is -4.25. The number of nitro groups is 1. The Kier molecular flexibility index (Phi) is 7.06. The van der Waals surface area contributed by atoms with Gasteiger partial charge < -0.3 is 0 Å². The van der Waals surface area contributed by atoms with E-state index in [4.69, 9.17) is 0 Å². The number of halogens is 2. The van der Waals surface area contributed by atoms with Gasteiger partial charge in [-0.25, -0.2) is 14.5 Å². The second-order valence-electron chi connectivity index (χ2n) is 7.51. The van der Waals surface area contributed by atoms with Crippen LogP contribution in [-0.2, 0) is 17.8 Å². The Balaban J connectivity index is 1.56. The fourth-order valence-corrected chi connectivity index (χ4v) is 3.74. The summed E-state index contributed by atoms with van der Waals surface area (Å²) in [5.41, 5.74) is 3.10. The van der Waals surface area contributed by atoms with Gasteiger partial charge >= 0.3 is 0 Å². The highest BCUT2D eigenvalue weighted by molar-refractivity contribution is 9.10. The number of carbonyl (C=O) groups excluding carboxylic acids is 1. The zero-order valence-corrected chi connectivity index (χ0v) is 19.6. The molecule has 0 saturated carbocycles. The van der Waals surface area contributed by atoms with Crippen molar-refractivity contribution >= 4 is 44.5 Å². The molecule has 0 unspecified atom stereocenters. The van der Waals surface area contributed by atoms with E-state index in [1.54, 1.807) is 36.4 Å². The Morgan fingerprint density at radius 3 is 2.54 bits per heavy atom. The van der Waals surface area contributed by atoms with Gasteiger partial charge in [-0.3, -0.25) is 19.7 Å². The first-order valence-electron chi connectivity index (χ1n) is 10.3. The topological polar surface area (TPSA) is 119 Å². The number of amides is 1. The first kappa shape index (κ1) is 23.9. The standard InChI is InChI=1S/C24H17BrFN5O4/c25-17-8-7-16(21(26)11-17)14-30-24(33)20-4-2-1-3-19(20)22(29-30)12-23(32)28-27-13-15-5-9-18(10-6-15)31(34)35/h1-11,13H,12,14H2,(H,28,32)/b27-13+. The molecule has 1 N–H and O–H groups in total. The van der Waals surface area contributed by atoms with Crippen molar-refractivity contribution in [3.8, 4) is 0 Å². The molecular weight excluding hydrogens is 521 g/mol. The number of nitrogens with zero attached hydrogens (tertiary/aromatic N) is 4. The zero-order valence-electron chi connectivity index (χ0n) is 18.0. The summed E-state index contributed by atoms with van der Waals surface area (Å²) in [7, 11) is 0. The summed E-state index contributed by atoms with van der Waals surface area (Å²) in [5.74, 6) is -0.970. The Labute approximate surface area is 206 Å². The quantitative estimate of drug-likeness (QED) is 0.217. The van der Waals surface area contributed by atoms with Gasteiger partial charge in [0, 0.05) is 27.6 Å². The van der Waals surface area contributed by atoms with E-state index in [0.29, 0.717) is 26.5 Å². The molecule has 0 aliphatic rings. The Bertz CT molecular complexity index is 1520. The molecule has 0 atom stereocenters. The van der Waals surface area contributed by atoms with Crippen molar-refractivity contribution in [2.45, 2.75) is 13.0 Å². The predicted octanol–water partition coefficient (Wildman–Crippen LogP) is 3.95. The van der Waals surface area contributed by atoms with Gasteiger partial charge in [-0.15, -0.1) is 0 Å². The molecule has 0 spiro atoms. The first-order chi connectivity index (χ1) is 16.8. The van der Waals surface area contributed by atoms with Gasteiger partial charge in [0.25, 0.3) is 11.2 Å². The molecule has 0 saturated heterocycles. The van der Waals surface area contributed by atoms with Gasteiger partial charge in [0.05, 0.1) is 35.2 Å². The number of rotatable bonds is 7. The molecule has 11 heteroatoms. The fourth-order valence-electron chi connectivity index (χ4n) is 3.41. The average molecular weight is 538 g/mol. The van der Waals surface area contributed by atoms with Crippen molar-refractivity contribution < 1.29 is 14.1 Å². The van der Waals surface area contributed by atoms with Crippen LogP contribution >= 0.6 is 15.9 Å². The average Bonchev–Trinajstić information content (AvgIpc) is 2.84. The molecule has 1 aromatic heterocycles. The number of hydrogen-bond acceptors (Lipinski definition) is 6. The normalized spacial score (nSPS) is 11.1. The minimum Gasteiger partial charge on any atom is -0.273 e. The van der Waals surface area contributed by atoms with Gasteiger partial charge in [0.1, 0.15) is 5.82 Å². The number of fused-ring (bicyclic) bond motifs is 1. The fraction of sp³-hybridized carbons (Fsp3) is 0.0833. The maximum absolute atomic E-state index is 14.3. The summed E-state index contributed by atoms with van der Waals surface area (Å²) >= 11 is 3.20. The number of aromatic nitrogens is 2. The summed E-state index contributed by atoms with van der Waals surface area (Å²) in [6, 6.07) is 16.9. The summed E-state index contributed by atoms with van der Waals surface area (Å²) in [4.78, 5) is 35.7. The molecule has 0 bridgehead atoms. The number of carbonyl (C=O) groups is 1. The third kappa shape index (κ3) is 5.64. The number of benzene rings is 3. The zero-order chi connectivity index (χ0) is 24.9. The maximum Gasteiger partial charge on any atom is 0.274 e. The lowest BCUT2D eigenvalue weighted by Crippen LogP contribution is -2.28. The van der Waals surface area contributed by atoms with E-state index in [1.807, 2.05) is 0 Å². The van der Waals surface area contributed by atoms with Crippen molar-refractivity contribution in [3.63, 3.8) is 0 Å². The van der Waals surface area contributed by atoms with Crippen LogP contribution in [0, 0.1) is 15.9 Å². The van der Waals surface area contributed by atoms with Crippen molar-refractivity contribution in [1.82, 2.24) is 15.2 Å². The van der Waals surface area contributed by atoms with Gasteiger partial charge in [0.15, 0.2) is 0 Å². The van der Waals surface area contributed by atoms with Gasteiger partial charge in [-0.05, 0) is 35.9 Å². The molecule has 1 amide bonds. The summed E-state index contributed by atoms with van der Waals surface area (Å²) < 4.78 is 16.1. The van der Waals surface area contributed by atoms with Crippen LogP contribution in [0.4, 0.5) is 10.1 Å². The molecule has 0 fully saturated rings. The van der Waals surface area contributed by atoms with Crippen LogP contribution in [0.1, 0.15) is 16.8 Å². The molecule has 3 aromatic carbocycles. The third-order valence-electron chi connectivity index (χ3n) is 5.11. The molecule has 9 nitrogen and oxygen atoms in total. The number of hydrogen-bond donors (Lipinski definition) is 1. The van der Waals surface area contributed by atoms with E-state index in [0.717, 1.165) is 4.68 Å². The van der Waals surface area contributed by atoms with Crippen LogP contribution in [-0.4, -0.2) is 26.8 Å². The lowest BCUT2D eigenvalue weighted by molar-refractivity contribution is -0.384. The lowest BCUT2D eigenvalue weighted by Gasteiger charge is -2.11. The number of nitrogens with one attached hydrogen (secondary N) is 1. The van der Waals surface area contributed by atoms with Crippen LogP contribution in [0.5, 0.6) is 0 Å². The van der Waals surface area contributed by atoms with E-state index < -0.39 is 22.2 Å². The molecular formula is C24H17BrFN5O4. The predicted molar refractivity (Wildman–Crippen MR) is 132 cm³/mol. The smallest absolute Gasteiger partial charge is 0.273 e. The molecule has 4 aromatic rings. The van der Waals surface area contributed by atoms with E-state index in [2.05, 4.69) is 31.6 Å². The number of nitro benzene ring substituents is 1. The summed E-state index contributed by atoms with van der Waals surface area (Å²) in [6.07, 6.45) is 1.17. The highest BCUT2D eigenvalue weighted by Gasteiger charge is 2.15. The largest absolute Gasteiger partial charge is 0.274 e. The van der Waals surface area contributed by atoms with Crippen molar-refractivity contribution in [3.05, 3.63) is 114 Å². The molecule has 0 aliphatic carbocycles. The Morgan fingerprint density at radius 1 is 1.14 bits per heavy atom. The molecule has 4 rings (SSSR count). The van der Waals surface area contributed by atoms with Crippen LogP contribution < -0.4 is 11.0 Å². The molecule has 1 heterocycles. The second-order valence-corrected chi connectivity index (χ2v) is 8.43. The summed E-state index contributed by atoms with van der Waals surface area (Å²) in [6.45, 7) is -0.101. The van der Waals surface area contributed by atoms with Crippen molar-refractivity contribution in [1.29, 1.82) is 0 Å². The molecule has 176 valence electrons. The van der Waals surface area contributed by atoms with E-state index in [-0.39, 0.29) is 24.2 Å². The third-order valence-corrected chi connectivity index (χ3v) is 5.61. The maximum atomic E-state index is 14.3. The van der Waals surface area contributed by atoms with E-state index in [1.165, 1.54) is 36.5 Å².